The summed E-state index contributed by atoms with van der Waals surface area (Å²) in [7, 11) is 1.40. The van der Waals surface area contributed by atoms with Crippen LogP contribution in [0.5, 0.6) is 5.75 Å². The van der Waals surface area contributed by atoms with Gasteiger partial charge in [-0.2, -0.15) is 5.10 Å². The van der Waals surface area contributed by atoms with Gasteiger partial charge < -0.3 is 4.74 Å². The number of aromatic nitrogens is 3. The molecule has 0 saturated heterocycles. The molecule has 1 aliphatic rings. The maximum Gasteiger partial charge on any atom is 0.311 e. The molecule has 3 aromatic carbocycles. The number of fused-ring (bicyclic) bond motifs is 3. The highest BCUT2D eigenvalue weighted by molar-refractivity contribution is 6.30. The first-order valence-corrected chi connectivity index (χ1v) is 10.8. The number of halogens is 1. The van der Waals surface area contributed by atoms with Gasteiger partial charge in [0.1, 0.15) is 11.5 Å². The summed E-state index contributed by atoms with van der Waals surface area (Å²) in [5.74, 6) is 1.40. The van der Waals surface area contributed by atoms with Crippen LogP contribution < -0.4 is 9.75 Å². The van der Waals surface area contributed by atoms with E-state index in [0.29, 0.717) is 22.4 Å². The van der Waals surface area contributed by atoms with Crippen LogP contribution in [0.25, 0.3) is 5.69 Å². The van der Waals surface area contributed by atoms with Crippen LogP contribution in [0, 0.1) is 17.0 Å². The average molecular weight is 475 g/mol. The number of hydrazone groups is 1. The number of benzene rings is 3. The molecule has 10 heteroatoms. The van der Waals surface area contributed by atoms with Crippen molar-refractivity contribution in [2.24, 2.45) is 5.10 Å². The number of aryl methyl sites for hydroxylation is 1. The maximum atomic E-state index is 11.5. The Kier molecular flexibility index (Phi) is 5.46. The molecule has 0 radical (unpaired) electrons. The summed E-state index contributed by atoms with van der Waals surface area (Å²) in [5, 5.41) is 27.5. The largest absolute Gasteiger partial charge is 0.490 e. The van der Waals surface area contributed by atoms with E-state index in [1.165, 1.54) is 13.2 Å². The number of methoxy groups -OCH3 is 1. The summed E-state index contributed by atoms with van der Waals surface area (Å²) in [6.07, 6.45) is 0. The van der Waals surface area contributed by atoms with Gasteiger partial charge in [-0.05, 0) is 36.8 Å². The highest BCUT2D eigenvalue weighted by Gasteiger charge is 2.27. The highest BCUT2D eigenvalue weighted by atomic mass is 35.5. The van der Waals surface area contributed by atoms with Crippen molar-refractivity contribution < 1.29 is 9.66 Å². The van der Waals surface area contributed by atoms with Crippen molar-refractivity contribution in [3.8, 4) is 11.4 Å². The molecule has 170 valence electrons. The summed E-state index contributed by atoms with van der Waals surface area (Å²) < 4.78 is 7.07. The summed E-state index contributed by atoms with van der Waals surface area (Å²) in [4.78, 5) is 11.1. The van der Waals surface area contributed by atoms with Gasteiger partial charge >= 0.3 is 5.69 Å². The van der Waals surface area contributed by atoms with Crippen LogP contribution in [-0.4, -0.2) is 32.5 Å². The first-order chi connectivity index (χ1) is 16.5. The van der Waals surface area contributed by atoms with Crippen LogP contribution in [-0.2, 0) is 6.54 Å². The number of ether oxygens (including phenoxy) is 1. The molecule has 0 bridgehead atoms. The Balaban J connectivity index is 1.68. The van der Waals surface area contributed by atoms with Gasteiger partial charge in [0.05, 0.1) is 24.3 Å². The number of hydrogen-bond donors (Lipinski definition) is 0. The number of para-hydroxylation sites is 1. The minimum absolute atomic E-state index is 0.113. The molecule has 1 aromatic heterocycles. The maximum absolute atomic E-state index is 11.5. The minimum Gasteiger partial charge on any atom is -0.490 e. The number of anilines is 1. The lowest BCUT2D eigenvalue weighted by Gasteiger charge is -2.18. The van der Waals surface area contributed by atoms with E-state index in [-0.39, 0.29) is 18.0 Å². The van der Waals surface area contributed by atoms with Crippen molar-refractivity contribution in [1.29, 1.82) is 0 Å². The lowest BCUT2D eigenvalue weighted by atomic mass is 10.0. The first kappa shape index (κ1) is 21.6. The van der Waals surface area contributed by atoms with Gasteiger partial charge in [0.25, 0.3) is 5.95 Å². The van der Waals surface area contributed by atoms with Crippen molar-refractivity contribution in [3.05, 3.63) is 104 Å². The van der Waals surface area contributed by atoms with E-state index >= 15 is 0 Å². The zero-order chi connectivity index (χ0) is 23.8. The normalized spacial score (nSPS) is 12.4. The Hall–Kier alpha value is -4.24. The smallest absolute Gasteiger partial charge is 0.311 e. The van der Waals surface area contributed by atoms with Crippen LogP contribution in [0.1, 0.15) is 22.5 Å². The third-order valence-corrected chi connectivity index (χ3v) is 5.80. The van der Waals surface area contributed by atoms with E-state index in [2.05, 4.69) is 10.2 Å². The Labute approximate surface area is 200 Å². The minimum atomic E-state index is -0.463. The van der Waals surface area contributed by atoms with Gasteiger partial charge in [-0.25, -0.2) is 5.01 Å². The lowest BCUT2D eigenvalue weighted by molar-refractivity contribution is -0.385. The fourth-order valence-corrected chi connectivity index (χ4v) is 4.09. The molecular weight excluding hydrogens is 456 g/mol. The summed E-state index contributed by atoms with van der Waals surface area (Å²) in [6, 6.07) is 20.2. The molecule has 0 amide bonds. The molecule has 0 unspecified atom stereocenters. The molecule has 9 nitrogen and oxygen atoms in total. The van der Waals surface area contributed by atoms with Gasteiger partial charge in [-0.15, -0.1) is 10.2 Å². The van der Waals surface area contributed by atoms with Gasteiger partial charge in [0, 0.05) is 22.2 Å². The lowest BCUT2D eigenvalue weighted by Crippen LogP contribution is -2.20. The van der Waals surface area contributed by atoms with E-state index in [0.717, 1.165) is 22.5 Å². The molecule has 0 saturated carbocycles. The van der Waals surface area contributed by atoms with Crippen molar-refractivity contribution in [2.75, 3.05) is 12.1 Å². The van der Waals surface area contributed by atoms with E-state index in [1.807, 2.05) is 60.0 Å². The molecule has 2 heterocycles. The van der Waals surface area contributed by atoms with Crippen LogP contribution >= 0.6 is 11.6 Å². The van der Waals surface area contributed by atoms with Crippen LogP contribution in [0.4, 0.5) is 11.6 Å². The number of rotatable bonds is 5. The quantitative estimate of drug-likeness (QED) is 0.301. The zero-order valence-corrected chi connectivity index (χ0v) is 19.1. The monoisotopic (exact) mass is 474 g/mol. The molecule has 0 fully saturated rings. The van der Waals surface area contributed by atoms with Crippen molar-refractivity contribution in [2.45, 2.75) is 13.5 Å². The molecule has 0 atom stereocenters. The second-order valence-electron chi connectivity index (χ2n) is 7.68. The third-order valence-electron chi connectivity index (χ3n) is 5.55. The molecule has 34 heavy (non-hydrogen) atoms. The van der Waals surface area contributed by atoms with E-state index in [9.17, 15) is 10.1 Å². The highest BCUT2D eigenvalue weighted by Crippen LogP contribution is 2.32. The fraction of sp³-hybridized carbons (Fsp3) is 0.125. The van der Waals surface area contributed by atoms with Gasteiger partial charge in [0.15, 0.2) is 5.75 Å². The van der Waals surface area contributed by atoms with Crippen LogP contribution in [0.2, 0.25) is 5.02 Å². The van der Waals surface area contributed by atoms with Crippen LogP contribution in [0.15, 0.2) is 71.8 Å². The number of nitro groups is 1. The predicted molar refractivity (Wildman–Crippen MR) is 129 cm³/mol. The summed E-state index contributed by atoms with van der Waals surface area (Å²) in [6.45, 7) is 2.10. The number of hydrogen-bond acceptors (Lipinski definition) is 7. The fourth-order valence-electron chi connectivity index (χ4n) is 3.97. The number of nitrogens with zero attached hydrogens (tertiary/aromatic N) is 6. The van der Waals surface area contributed by atoms with Crippen molar-refractivity contribution in [1.82, 2.24) is 14.8 Å². The van der Waals surface area contributed by atoms with E-state index in [1.54, 1.807) is 17.1 Å². The molecular formula is C24H19ClN6O3. The predicted octanol–water partition coefficient (Wildman–Crippen LogP) is 4.92. The zero-order valence-electron chi connectivity index (χ0n) is 18.3. The van der Waals surface area contributed by atoms with E-state index < -0.39 is 4.92 Å². The van der Waals surface area contributed by atoms with Crippen molar-refractivity contribution >= 4 is 28.9 Å². The Morgan fingerprint density at radius 2 is 1.82 bits per heavy atom. The summed E-state index contributed by atoms with van der Waals surface area (Å²) in [5.41, 5.74) is 3.94. The van der Waals surface area contributed by atoms with Crippen LogP contribution in [0.3, 0.4) is 0 Å². The average Bonchev–Trinajstić information content (AvgIpc) is 3.17. The first-order valence-electron chi connectivity index (χ1n) is 10.4. The standard InChI is InChI=1S/C24H19ClN6O3/c1-15-26-27-24-29(14-16-7-12-22(34-2)21(13-16)31(32)33)28-23(17-8-10-18(25)11-9-17)19-5-3-4-6-20(19)30(15)24/h3-13H,14H2,1-2H3. The number of nitro benzene ring substituents is 1. The molecule has 5 rings (SSSR count). The topological polar surface area (TPSA) is 98.7 Å². The third kappa shape index (κ3) is 3.75. The second kappa shape index (κ2) is 8.60. The Morgan fingerprint density at radius 3 is 2.56 bits per heavy atom. The van der Waals surface area contributed by atoms with Gasteiger partial charge in [0.2, 0.25) is 0 Å². The molecule has 4 aromatic rings. The second-order valence-corrected chi connectivity index (χ2v) is 8.11. The van der Waals surface area contributed by atoms with E-state index in [4.69, 9.17) is 21.4 Å². The molecule has 0 spiro atoms. The SMILES string of the molecule is COc1ccc(CN2N=C(c3ccc(Cl)cc3)c3ccccc3-n3c(C)nnc32)cc1[N+](=O)[O-]. The molecule has 0 aliphatic carbocycles. The Bertz CT molecular complexity index is 1430. The van der Waals surface area contributed by atoms with Gasteiger partial charge in [-0.1, -0.05) is 48.0 Å². The summed E-state index contributed by atoms with van der Waals surface area (Å²) >= 11 is 6.12. The van der Waals surface area contributed by atoms with Crippen molar-refractivity contribution in [3.63, 3.8) is 0 Å². The molecule has 0 N–H and O–H groups in total. The molecule has 1 aliphatic heterocycles. The van der Waals surface area contributed by atoms with Gasteiger partial charge in [-0.3, -0.25) is 14.7 Å². The Morgan fingerprint density at radius 1 is 1.06 bits per heavy atom.